The first-order chi connectivity index (χ1) is 7.74. The number of rotatable bonds is 4. The average Bonchev–Trinajstić information content (AvgIpc) is 2.26. The smallest absolute Gasteiger partial charge is 0.264 e. The monoisotopic (exact) mass is 255 g/mol. The van der Waals surface area contributed by atoms with E-state index in [4.69, 9.17) is 5.26 Å². The molecule has 1 rings (SSSR count). The van der Waals surface area contributed by atoms with Gasteiger partial charge in [-0.1, -0.05) is 12.1 Å². The largest absolute Gasteiger partial charge is 0.383 e. The Morgan fingerprint density at radius 2 is 2.18 bits per heavy atom. The first-order valence-corrected chi connectivity index (χ1v) is 6.64. The van der Waals surface area contributed by atoms with E-state index < -0.39 is 15.7 Å². The summed E-state index contributed by atoms with van der Waals surface area (Å²) in [5.41, 5.74) is -0.641. The van der Waals surface area contributed by atoms with Crippen LogP contribution >= 0.6 is 0 Å². The zero-order valence-electron chi connectivity index (χ0n) is 9.54. The molecule has 6 heteroatoms. The molecule has 0 fully saturated rings. The molecular formula is C11H13NO4S. The molecule has 1 aromatic carbocycles. The summed E-state index contributed by atoms with van der Waals surface area (Å²) >= 11 is 0. The summed E-state index contributed by atoms with van der Waals surface area (Å²) in [6.45, 7) is 1.04. The molecular weight excluding hydrogens is 242 g/mol. The molecule has 0 aliphatic rings. The van der Waals surface area contributed by atoms with Crippen LogP contribution in [0.1, 0.15) is 18.1 Å². The highest BCUT2D eigenvalue weighted by atomic mass is 32.2. The van der Waals surface area contributed by atoms with Crippen molar-refractivity contribution in [3.05, 3.63) is 35.4 Å². The quantitative estimate of drug-likeness (QED) is 0.802. The van der Waals surface area contributed by atoms with E-state index in [2.05, 4.69) is 4.18 Å². The second kappa shape index (κ2) is 4.84. The Labute approximate surface area is 100 Å². The maximum absolute atomic E-state index is 10.8. The van der Waals surface area contributed by atoms with Crippen molar-refractivity contribution in [2.45, 2.75) is 12.5 Å². The molecule has 0 saturated heterocycles. The maximum Gasteiger partial charge on any atom is 0.264 e. The van der Waals surface area contributed by atoms with E-state index in [0.717, 1.165) is 6.26 Å². The Balaban J connectivity index is 2.93. The predicted molar refractivity (Wildman–Crippen MR) is 61.5 cm³/mol. The van der Waals surface area contributed by atoms with Crippen LogP contribution in [0.4, 0.5) is 0 Å². The number of nitrogens with zero attached hydrogens (tertiary/aromatic N) is 1. The summed E-state index contributed by atoms with van der Waals surface area (Å²) in [5.74, 6) is 0. The Morgan fingerprint density at radius 3 is 2.71 bits per heavy atom. The fourth-order valence-electron chi connectivity index (χ4n) is 1.23. The van der Waals surface area contributed by atoms with Gasteiger partial charge in [0, 0.05) is 0 Å². The maximum atomic E-state index is 10.8. The summed E-state index contributed by atoms with van der Waals surface area (Å²) in [4.78, 5) is 0. The summed E-state index contributed by atoms with van der Waals surface area (Å²) in [5, 5.41) is 18.8. The van der Waals surface area contributed by atoms with Crippen LogP contribution in [0.3, 0.4) is 0 Å². The fourth-order valence-corrected chi connectivity index (χ4v) is 1.67. The first-order valence-electron chi connectivity index (χ1n) is 4.82. The molecule has 1 N–H and O–H groups in total. The number of hydrogen-bond donors (Lipinski definition) is 1. The van der Waals surface area contributed by atoms with Crippen LogP contribution in [0, 0.1) is 11.3 Å². The number of benzene rings is 1. The minimum Gasteiger partial charge on any atom is -0.383 e. The van der Waals surface area contributed by atoms with E-state index in [0.29, 0.717) is 11.1 Å². The number of nitriles is 1. The van der Waals surface area contributed by atoms with Crippen LogP contribution in [-0.2, 0) is 19.9 Å². The summed E-state index contributed by atoms with van der Waals surface area (Å²) in [6, 6.07) is 8.25. The molecule has 0 saturated carbocycles. The molecule has 0 bridgehead atoms. The second-order valence-electron chi connectivity index (χ2n) is 3.93. The van der Waals surface area contributed by atoms with Gasteiger partial charge in [-0.15, -0.1) is 0 Å². The lowest BCUT2D eigenvalue weighted by Crippen LogP contribution is -2.29. The van der Waals surface area contributed by atoms with Crippen LogP contribution in [0.15, 0.2) is 24.3 Å². The van der Waals surface area contributed by atoms with Crippen LogP contribution in [-0.4, -0.2) is 26.4 Å². The highest BCUT2D eigenvalue weighted by Gasteiger charge is 2.25. The molecule has 0 unspecified atom stereocenters. The molecule has 92 valence electrons. The molecule has 5 nitrogen and oxygen atoms in total. The second-order valence-corrected chi connectivity index (χ2v) is 5.58. The van der Waals surface area contributed by atoms with Gasteiger partial charge in [-0.25, -0.2) is 0 Å². The Morgan fingerprint density at radius 1 is 1.53 bits per heavy atom. The average molecular weight is 255 g/mol. The molecule has 17 heavy (non-hydrogen) atoms. The van der Waals surface area contributed by atoms with Gasteiger partial charge in [0.05, 0.1) is 24.5 Å². The molecule has 0 aliphatic carbocycles. The van der Waals surface area contributed by atoms with Crippen LogP contribution < -0.4 is 0 Å². The molecule has 0 amide bonds. The third kappa shape index (κ3) is 4.15. The van der Waals surface area contributed by atoms with Crippen LogP contribution in [0.5, 0.6) is 0 Å². The molecule has 1 aromatic rings. The van der Waals surface area contributed by atoms with Crippen molar-refractivity contribution in [1.82, 2.24) is 0 Å². The molecule has 1 atom stereocenters. The van der Waals surface area contributed by atoms with Crippen molar-refractivity contribution >= 4 is 10.1 Å². The van der Waals surface area contributed by atoms with Crippen molar-refractivity contribution in [3.8, 4) is 6.07 Å². The first kappa shape index (κ1) is 13.6. The minimum absolute atomic E-state index is 0.388. The lowest BCUT2D eigenvalue weighted by molar-refractivity contribution is 0.0101. The highest BCUT2D eigenvalue weighted by molar-refractivity contribution is 7.85. The Kier molecular flexibility index (Phi) is 3.88. The zero-order valence-corrected chi connectivity index (χ0v) is 10.4. The third-order valence-corrected chi connectivity index (χ3v) is 2.71. The lowest BCUT2D eigenvalue weighted by Gasteiger charge is -2.23. The van der Waals surface area contributed by atoms with E-state index in [1.807, 2.05) is 6.07 Å². The molecule has 0 spiro atoms. The number of hydrogen-bond acceptors (Lipinski definition) is 5. The molecule has 0 heterocycles. The van der Waals surface area contributed by atoms with E-state index in [1.54, 1.807) is 18.2 Å². The van der Waals surface area contributed by atoms with Crippen molar-refractivity contribution < 1.29 is 17.7 Å². The van der Waals surface area contributed by atoms with E-state index >= 15 is 0 Å². The predicted octanol–water partition coefficient (Wildman–Crippen LogP) is 0.742. The van der Waals surface area contributed by atoms with E-state index in [1.165, 1.54) is 13.0 Å². The van der Waals surface area contributed by atoms with E-state index in [-0.39, 0.29) is 6.61 Å². The SMILES string of the molecule is C[C@@](O)(COS(C)(=O)=O)c1cccc(C#N)c1. The zero-order chi connectivity index (χ0) is 13.1. The van der Waals surface area contributed by atoms with Crippen molar-refractivity contribution in [3.63, 3.8) is 0 Å². The van der Waals surface area contributed by atoms with Crippen molar-refractivity contribution in [2.75, 3.05) is 12.9 Å². The van der Waals surface area contributed by atoms with Gasteiger partial charge in [-0.2, -0.15) is 13.7 Å². The lowest BCUT2D eigenvalue weighted by atomic mass is 9.96. The van der Waals surface area contributed by atoms with Gasteiger partial charge in [0.15, 0.2) is 0 Å². The van der Waals surface area contributed by atoms with Crippen LogP contribution in [0.2, 0.25) is 0 Å². The standard InChI is InChI=1S/C11H13NO4S/c1-11(13,8-16-17(2,14)15)10-5-3-4-9(6-10)7-12/h3-6,13H,8H2,1-2H3/t11-/m1/s1. The van der Waals surface area contributed by atoms with Crippen LogP contribution in [0.25, 0.3) is 0 Å². The topological polar surface area (TPSA) is 87.4 Å². The number of aliphatic hydroxyl groups is 1. The minimum atomic E-state index is -3.61. The van der Waals surface area contributed by atoms with Crippen molar-refractivity contribution in [1.29, 1.82) is 5.26 Å². The van der Waals surface area contributed by atoms with Gasteiger partial charge in [0.1, 0.15) is 5.60 Å². The summed E-state index contributed by atoms with van der Waals surface area (Å²) in [6.07, 6.45) is 0.911. The van der Waals surface area contributed by atoms with Gasteiger partial charge in [-0.05, 0) is 24.6 Å². The fraction of sp³-hybridized carbons (Fsp3) is 0.364. The molecule has 0 aromatic heterocycles. The van der Waals surface area contributed by atoms with Gasteiger partial charge in [-0.3, -0.25) is 4.18 Å². The van der Waals surface area contributed by atoms with Crippen molar-refractivity contribution in [2.24, 2.45) is 0 Å². The van der Waals surface area contributed by atoms with Gasteiger partial charge < -0.3 is 5.11 Å². The Bertz CT molecular complexity index is 543. The van der Waals surface area contributed by atoms with Gasteiger partial charge >= 0.3 is 0 Å². The molecule has 0 aliphatic heterocycles. The summed E-state index contributed by atoms with van der Waals surface area (Å²) < 4.78 is 26.3. The van der Waals surface area contributed by atoms with Gasteiger partial charge in [0.25, 0.3) is 10.1 Å². The van der Waals surface area contributed by atoms with E-state index in [9.17, 15) is 13.5 Å². The van der Waals surface area contributed by atoms with Gasteiger partial charge in [0.2, 0.25) is 0 Å². The highest BCUT2D eigenvalue weighted by Crippen LogP contribution is 2.22. The summed E-state index contributed by atoms with van der Waals surface area (Å²) in [7, 11) is -3.61. The normalized spacial score (nSPS) is 14.9. The molecule has 0 radical (unpaired) electrons. The third-order valence-electron chi connectivity index (χ3n) is 2.17. The Hall–Kier alpha value is -1.42.